The molecule has 1 heterocycles. The smallest absolute Gasteiger partial charge is 0.343 e. The minimum atomic E-state index is 0. The largest absolute Gasteiger partial charge is 4.00 e. The van der Waals surface area contributed by atoms with Crippen molar-refractivity contribution in [2.45, 2.75) is 144 Å². The molecule has 1 saturated heterocycles. The summed E-state index contributed by atoms with van der Waals surface area (Å²) < 4.78 is 0. The second-order valence-electron chi connectivity index (χ2n) is 21.7. The van der Waals surface area contributed by atoms with Gasteiger partial charge in [-0.05, 0) is 22.3 Å². The molecule has 0 unspecified atom stereocenters. The molecule has 0 saturated carbocycles. The van der Waals surface area contributed by atoms with E-state index < -0.39 is 0 Å². The molecule has 0 N–H and O–H groups in total. The van der Waals surface area contributed by atoms with Crippen molar-refractivity contribution in [1.82, 2.24) is 0 Å². The number of benzene rings is 8. The Balaban J connectivity index is 0.000000541. The summed E-state index contributed by atoms with van der Waals surface area (Å²) in [7, 11) is 8.56. The molecule has 0 atom stereocenters. The van der Waals surface area contributed by atoms with Crippen molar-refractivity contribution in [2.24, 2.45) is 0 Å². The zero-order chi connectivity index (χ0) is 65.7. The van der Waals surface area contributed by atoms with E-state index in [4.69, 9.17) is 0 Å². The molecule has 0 spiro atoms. The molecule has 1 aliphatic rings. The summed E-state index contributed by atoms with van der Waals surface area (Å²) in [5.41, 5.74) is 15.8. The van der Waals surface area contributed by atoms with Crippen LogP contribution in [0.5, 0.6) is 0 Å². The number of fused-ring (bicyclic) bond motifs is 4. The van der Waals surface area contributed by atoms with Crippen molar-refractivity contribution in [3.05, 3.63) is 293 Å². The molecule has 6 heteroatoms. The van der Waals surface area contributed by atoms with Crippen LogP contribution < -0.4 is 0 Å². The monoisotopic (exact) mass is 1430 g/mol. The van der Waals surface area contributed by atoms with E-state index in [1.807, 2.05) is 0 Å². The van der Waals surface area contributed by atoms with E-state index >= 15 is 0 Å². The van der Waals surface area contributed by atoms with Crippen molar-refractivity contribution in [1.29, 1.82) is 0 Å². The number of aryl methyl sites for hydroxylation is 4. The van der Waals surface area contributed by atoms with Gasteiger partial charge < -0.3 is 27.7 Å². The van der Waals surface area contributed by atoms with Crippen LogP contribution in [0, 0.1) is 55.4 Å². The first kappa shape index (κ1) is 84.8. The van der Waals surface area contributed by atoms with Crippen LogP contribution in [0.1, 0.15) is 101 Å². The summed E-state index contributed by atoms with van der Waals surface area (Å²) in [6.45, 7) is 35.1. The fraction of sp³-hybridized carbons (Fsp3) is 0.256. The summed E-state index contributed by atoms with van der Waals surface area (Å²) in [5, 5.41) is 10.7. The van der Waals surface area contributed by atoms with Gasteiger partial charge in [0.15, 0.2) is 0 Å². The van der Waals surface area contributed by atoms with Crippen LogP contribution in [0.4, 0.5) is 0 Å². The van der Waals surface area contributed by atoms with Crippen molar-refractivity contribution >= 4 is 82.6 Å². The normalized spacial score (nSPS) is 10.5. The van der Waals surface area contributed by atoms with Crippen LogP contribution in [-0.2, 0) is 52.4 Å². The third kappa shape index (κ3) is 30.1. The first-order valence-electron chi connectivity index (χ1n) is 32.5. The Morgan fingerprint density at radius 1 is 0.293 bits per heavy atom. The van der Waals surface area contributed by atoms with Crippen LogP contribution in [0.2, 0.25) is 37.3 Å². The Hall–Kier alpha value is -5.17. The van der Waals surface area contributed by atoms with Gasteiger partial charge in [0.05, 0.1) is 0 Å². The molecule has 470 valence electrons. The molecule has 0 nitrogen and oxygen atoms in total. The van der Waals surface area contributed by atoms with Gasteiger partial charge in [-0.3, -0.25) is 0 Å². The topological polar surface area (TPSA) is 0 Å². The van der Waals surface area contributed by atoms with Crippen LogP contribution in [0.15, 0.2) is 243 Å². The molecule has 12 aromatic carbocycles. The van der Waals surface area contributed by atoms with Gasteiger partial charge in [-0.1, -0.05) is 286 Å². The Labute approximate surface area is 610 Å². The van der Waals surface area contributed by atoms with E-state index in [2.05, 4.69) is 346 Å². The van der Waals surface area contributed by atoms with Gasteiger partial charge in [-0.25, -0.2) is 0 Å². The van der Waals surface area contributed by atoms with Gasteiger partial charge in [-0.2, -0.15) is 49.9 Å². The minimum Gasteiger partial charge on any atom is -0.343 e. The molecule has 12 aromatic rings. The molecule has 0 amide bonds. The molecular formula is C86H102Si4Zr2. The third-order valence-electron chi connectivity index (χ3n) is 14.3. The van der Waals surface area contributed by atoms with Crippen LogP contribution >= 0.6 is 0 Å². The zero-order valence-electron chi connectivity index (χ0n) is 57.4. The maximum Gasteiger partial charge on any atom is 4.00 e. The fourth-order valence-electron chi connectivity index (χ4n) is 9.62. The predicted octanol–water partition coefficient (Wildman–Crippen LogP) is 26.1. The van der Waals surface area contributed by atoms with E-state index in [9.17, 15) is 0 Å². The Kier molecular flexibility index (Phi) is 48.1. The second kappa shape index (κ2) is 52.2. The van der Waals surface area contributed by atoms with Crippen molar-refractivity contribution in [2.75, 3.05) is 0 Å². The number of hydrogen-bond donors (Lipinski definition) is 0. The maximum absolute atomic E-state index is 3.60. The molecule has 0 aromatic heterocycles. The standard InChI is InChI=1S/4C16H13.C4H8Si2.4C4H9.2CH3Si.2Zr/c4*1-12-10-14-8-5-9-15(16(14)11-12)13-6-3-2-4-7-13;1-2-6-4-3-5-1;4*1-3-4-2;2*1-2;;/h4*2-11H,1H3;1-4H2;4*1,3-4H2,2H3;2*1H3;;/q4*-1;;4*-1;;;2*+4. The summed E-state index contributed by atoms with van der Waals surface area (Å²) in [6, 6.07) is 92.4. The van der Waals surface area contributed by atoms with Gasteiger partial charge in [0, 0.05) is 39.5 Å². The van der Waals surface area contributed by atoms with Gasteiger partial charge in [0.1, 0.15) is 0 Å². The van der Waals surface area contributed by atoms with Crippen LogP contribution in [0.25, 0.3) is 87.6 Å². The van der Waals surface area contributed by atoms with E-state index in [1.165, 1.54) is 155 Å². The van der Waals surface area contributed by atoms with Crippen LogP contribution in [-0.4, -0.2) is 39.5 Å². The van der Waals surface area contributed by atoms with Gasteiger partial charge in [-0.15, -0.1) is 138 Å². The molecule has 1 aliphatic heterocycles. The minimum absolute atomic E-state index is 0. The molecule has 13 rings (SSSR count). The molecule has 92 heavy (non-hydrogen) atoms. The van der Waals surface area contributed by atoms with Gasteiger partial charge in [0.25, 0.3) is 0 Å². The summed E-state index contributed by atoms with van der Waals surface area (Å²) in [6.07, 6.45) is 9.11. The third-order valence-corrected chi connectivity index (χ3v) is 17.7. The average Bonchev–Trinajstić information content (AvgIpc) is 1.72. The summed E-state index contributed by atoms with van der Waals surface area (Å²) >= 11 is 0. The molecule has 0 bridgehead atoms. The fourth-order valence-corrected chi connectivity index (χ4v) is 12.9. The van der Waals surface area contributed by atoms with E-state index in [1.54, 1.807) is 37.3 Å². The quantitative estimate of drug-likeness (QED) is 0.105. The van der Waals surface area contributed by atoms with Gasteiger partial charge in [0.2, 0.25) is 0 Å². The van der Waals surface area contributed by atoms with Gasteiger partial charge >= 0.3 is 52.4 Å². The molecule has 0 aliphatic carbocycles. The maximum atomic E-state index is 3.60. The number of rotatable bonds is 8. The van der Waals surface area contributed by atoms with Crippen molar-refractivity contribution in [3.63, 3.8) is 0 Å². The summed E-state index contributed by atoms with van der Waals surface area (Å²) in [5.74, 6) is 0. The van der Waals surface area contributed by atoms with E-state index in [-0.39, 0.29) is 52.4 Å². The van der Waals surface area contributed by atoms with Crippen LogP contribution in [0.3, 0.4) is 0 Å². The first-order chi connectivity index (χ1) is 44.0. The average molecular weight is 1430 g/mol. The molecule has 10 radical (unpaired) electrons. The van der Waals surface area contributed by atoms with Crippen molar-refractivity contribution < 1.29 is 52.4 Å². The zero-order valence-corrected chi connectivity index (χ0v) is 66.3. The van der Waals surface area contributed by atoms with E-state index in [0.29, 0.717) is 0 Å². The first-order valence-corrected chi connectivity index (χ1v) is 37.3. The molecular weight excluding hydrogens is 1330 g/mol. The predicted molar refractivity (Wildman–Crippen MR) is 414 cm³/mol. The van der Waals surface area contributed by atoms with Crippen molar-refractivity contribution in [3.8, 4) is 44.5 Å². The molecule has 1 fully saturated rings. The second-order valence-corrected chi connectivity index (χ2v) is 24.7. The SMILES string of the molecule is C1C[Si]CC[Si]1.C[Si].C[Si].Cc1cc2c(-c3ccccc3)cccc2[cH-]1.Cc1cc2c(-c3ccccc3)cccc2[cH-]1.Cc1cc2c(-c3ccccc3)cccc2[cH-]1.Cc1cc2c(-c3ccccc3)cccc2[cH-]1.[CH2-]CCC.[CH2-]CCC.[CH2-]CCC.[CH2-]CCC.[Zr+4].[Zr+4]. The number of hydrogen-bond acceptors (Lipinski definition) is 0. The van der Waals surface area contributed by atoms with E-state index in [0.717, 1.165) is 25.7 Å². The summed E-state index contributed by atoms with van der Waals surface area (Å²) in [4.78, 5) is 0. The Morgan fingerprint density at radius 3 is 0.620 bits per heavy atom. The Morgan fingerprint density at radius 2 is 0.467 bits per heavy atom. The Bertz CT molecular complexity index is 3180. The number of unbranched alkanes of at least 4 members (excludes halogenated alkanes) is 4.